The third kappa shape index (κ3) is 1.13. The van der Waals surface area contributed by atoms with Gasteiger partial charge in [-0.3, -0.25) is 4.79 Å². The summed E-state index contributed by atoms with van der Waals surface area (Å²) >= 11 is 0. The molecular formula is C18H21NO2. The summed E-state index contributed by atoms with van der Waals surface area (Å²) in [4.78, 5) is 12.6. The SMILES string of the molecule is Cc1ccc2c3c1O[C@H]1C(=O)CC[C@@]4(C)[C@H](C2)NCC[C@]314. The first-order valence-corrected chi connectivity index (χ1v) is 8.14. The fraction of sp³-hybridized carbons (Fsp3) is 0.611. The smallest absolute Gasteiger partial charge is 0.174 e. The maximum atomic E-state index is 12.6. The number of carbonyl (C=O) groups is 1. The molecule has 21 heavy (non-hydrogen) atoms. The van der Waals surface area contributed by atoms with Crippen LogP contribution in [0.4, 0.5) is 0 Å². The van der Waals surface area contributed by atoms with Gasteiger partial charge in [-0.05, 0) is 49.3 Å². The number of piperidine rings is 1. The minimum Gasteiger partial charge on any atom is -0.481 e. The number of aryl methyl sites for hydroxylation is 1. The molecule has 3 heteroatoms. The molecule has 0 radical (unpaired) electrons. The summed E-state index contributed by atoms with van der Waals surface area (Å²) in [5.74, 6) is 1.34. The Morgan fingerprint density at radius 3 is 3.05 bits per heavy atom. The summed E-state index contributed by atoms with van der Waals surface area (Å²) in [6, 6.07) is 4.90. The highest BCUT2D eigenvalue weighted by Gasteiger charge is 2.69. The van der Waals surface area contributed by atoms with Crippen molar-refractivity contribution in [1.29, 1.82) is 0 Å². The molecule has 2 aliphatic carbocycles. The highest BCUT2D eigenvalue weighted by Crippen LogP contribution is 2.66. The van der Waals surface area contributed by atoms with Crippen LogP contribution in [0.5, 0.6) is 5.75 Å². The summed E-state index contributed by atoms with van der Waals surface area (Å²) in [7, 11) is 0. The van der Waals surface area contributed by atoms with Crippen molar-refractivity contribution in [3.8, 4) is 5.75 Å². The van der Waals surface area contributed by atoms with Crippen LogP contribution >= 0.6 is 0 Å². The quantitative estimate of drug-likeness (QED) is 0.794. The van der Waals surface area contributed by atoms with Crippen LogP contribution < -0.4 is 10.1 Å². The van der Waals surface area contributed by atoms with Gasteiger partial charge in [-0.25, -0.2) is 0 Å². The van der Waals surface area contributed by atoms with E-state index in [1.165, 1.54) is 16.7 Å². The van der Waals surface area contributed by atoms with Gasteiger partial charge in [0.25, 0.3) is 0 Å². The number of nitrogens with one attached hydrogen (secondary N) is 1. The van der Waals surface area contributed by atoms with Gasteiger partial charge in [0.15, 0.2) is 11.9 Å². The van der Waals surface area contributed by atoms with Crippen molar-refractivity contribution in [1.82, 2.24) is 5.32 Å². The van der Waals surface area contributed by atoms with Crippen molar-refractivity contribution in [2.75, 3.05) is 6.54 Å². The van der Waals surface area contributed by atoms with Crippen LogP contribution in [0.2, 0.25) is 0 Å². The van der Waals surface area contributed by atoms with Gasteiger partial charge < -0.3 is 10.1 Å². The van der Waals surface area contributed by atoms with Gasteiger partial charge in [-0.2, -0.15) is 0 Å². The summed E-state index contributed by atoms with van der Waals surface area (Å²) in [5, 5.41) is 3.73. The van der Waals surface area contributed by atoms with Gasteiger partial charge in [-0.15, -0.1) is 0 Å². The van der Waals surface area contributed by atoms with Crippen LogP contribution in [0.3, 0.4) is 0 Å². The van der Waals surface area contributed by atoms with Crippen molar-refractivity contribution in [3.05, 3.63) is 28.8 Å². The summed E-state index contributed by atoms with van der Waals surface area (Å²) in [6.45, 7) is 5.51. The van der Waals surface area contributed by atoms with Crippen LogP contribution in [0.25, 0.3) is 0 Å². The second-order valence-corrected chi connectivity index (χ2v) is 7.56. The molecule has 4 atom stereocenters. The first-order valence-electron chi connectivity index (χ1n) is 8.14. The highest BCUT2D eigenvalue weighted by molar-refractivity contribution is 5.89. The Labute approximate surface area is 125 Å². The molecule has 1 aromatic carbocycles. The lowest BCUT2D eigenvalue weighted by molar-refractivity contribution is -0.142. The number of ether oxygens (including phenoxy) is 1. The number of hydrogen-bond acceptors (Lipinski definition) is 3. The van der Waals surface area contributed by atoms with Gasteiger partial charge in [0, 0.05) is 18.0 Å². The number of carbonyl (C=O) groups excluding carboxylic acids is 1. The van der Waals surface area contributed by atoms with Crippen molar-refractivity contribution in [2.24, 2.45) is 5.41 Å². The van der Waals surface area contributed by atoms with Gasteiger partial charge in [0.2, 0.25) is 0 Å². The van der Waals surface area contributed by atoms with Gasteiger partial charge in [0.1, 0.15) is 5.75 Å². The monoisotopic (exact) mass is 283 g/mol. The van der Waals surface area contributed by atoms with E-state index in [2.05, 4.69) is 31.3 Å². The Balaban J connectivity index is 1.89. The highest BCUT2D eigenvalue weighted by atomic mass is 16.5. The number of Topliss-reactive ketones (excluding diaryl/α,β-unsaturated/α-hetero) is 1. The van der Waals surface area contributed by atoms with Crippen molar-refractivity contribution in [3.63, 3.8) is 0 Å². The largest absolute Gasteiger partial charge is 0.481 e. The minimum absolute atomic E-state index is 0.0762. The molecule has 4 aliphatic rings. The molecule has 5 rings (SSSR count). The molecular weight excluding hydrogens is 262 g/mol. The molecule has 3 nitrogen and oxygen atoms in total. The Morgan fingerprint density at radius 2 is 2.19 bits per heavy atom. The predicted octanol–water partition coefficient (Wildman–Crippen LogP) is 2.28. The molecule has 2 bridgehead atoms. The summed E-state index contributed by atoms with van der Waals surface area (Å²) in [5.41, 5.74) is 4.05. The number of hydrogen-bond donors (Lipinski definition) is 1. The van der Waals surface area contributed by atoms with Crippen molar-refractivity contribution >= 4 is 5.78 Å². The Hall–Kier alpha value is -1.35. The zero-order chi connectivity index (χ0) is 14.4. The lowest BCUT2D eigenvalue weighted by atomic mass is 9.44. The normalized spacial score (nSPS) is 42.5. The van der Waals surface area contributed by atoms with E-state index in [-0.39, 0.29) is 16.9 Å². The molecule has 0 aromatic heterocycles. The minimum atomic E-state index is -0.240. The van der Waals surface area contributed by atoms with E-state index in [0.717, 1.165) is 31.6 Å². The maximum absolute atomic E-state index is 12.6. The van der Waals surface area contributed by atoms with Gasteiger partial charge in [-0.1, -0.05) is 19.1 Å². The molecule has 110 valence electrons. The van der Waals surface area contributed by atoms with Crippen LogP contribution in [-0.2, 0) is 16.6 Å². The average Bonchev–Trinajstić information content (AvgIpc) is 2.80. The zero-order valence-electron chi connectivity index (χ0n) is 12.7. The van der Waals surface area contributed by atoms with E-state index in [1.807, 2.05) is 0 Å². The van der Waals surface area contributed by atoms with Crippen LogP contribution in [0.1, 0.15) is 42.9 Å². The van der Waals surface area contributed by atoms with E-state index < -0.39 is 0 Å². The molecule has 1 spiro atoms. The number of benzene rings is 1. The zero-order valence-corrected chi connectivity index (χ0v) is 12.7. The van der Waals surface area contributed by atoms with E-state index in [4.69, 9.17) is 4.74 Å². The third-order valence-electron chi connectivity index (χ3n) is 6.88. The Bertz CT molecular complexity index is 682. The molecule has 2 fully saturated rings. The van der Waals surface area contributed by atoms with Crippen LogP contribution in [0.15, 0.2) is 12.1 Å². The topological polar surface area (TPSA) is 38.3 Å². The molecule has 1 saturated heterocycles. The average molecular weight is 283 g/mol. The third-order valence-corrected chi connectivity index (χ3v) is 6.88. The van der Waals surface area contributed by atoms with E-state index >= 15 is 0 Å². The fourth-order valence-electron chi connectivity index (χ4n) is 5.76. The first kappa shape index (κ1) is 12.2. The van der Waals surface area contributed by atoms with Gasteiger partial charge in [0.05, 0.1) is 5.41 Å². The molecule has 1 N–H and O–H groups in total. The maximum Gasteiger partial charge on any atom is 0.174 e. The van der Waals surface area contributed by atoms with Crippen LogP contribution in [0, 0.1) is 12.3 Å². The second kappa shape index (κ2) is 3.52. The number of ketones is 1. The Morgan fingerprint density at radius 1 is 1.33 bits per heavy atom. The Kier molecular flexibility index (Phi) is 2.05. The van der Waals surface area contributed by atoms with Crippen molar-refractivity contribution in [2.45, 2.75) is 57.1 Å². The summed E-state index contributed by atoms with van der Waals surface area (Å²) < 4.78 is 6.31. The fourth-order valence-corrected chi connectivity index (χ4v) is 5.76. The lowest BCUT2D eigenvalue weighted by Crippen LogP contribution is -2.70. The predicted molar refractivity (Wildman–Crippen MR) is 79.7 cm³/mol. The van der Waals surface area contributed by atoms with Gasteiger partial charge >= 0.3 is 0 Å². The molecule has 0 amide bonds. The van der Waals surface area contributed by atoms with E-state index in [1.54, 1.807) is 0 Å². The second-order valence-electron chi connectivity index (χ2n) is 7.56. The molecule has 1 saturated carbocycles. The lowest BCUT2D eigenvalue weighted by Gasteiger charge is -2.61. The standard InChI is InChI=1S/C18H21NO2/c1-10-3-4-11-9-13-17(2)6-5-12(20)16-18(17,7-8-19-13)14(11)15(10)21-16/h3-4,13,16,19H,5-9H2,1-2H3/t13-,16-,17-,18-/m0/s1. The molecule has 1 aromatic rings. The van der Waals surface area contributed by atoms with E-state index in [9.17, 15) is 4.79 Å². The first-order chi connectivity index (χ1) is 10.1. The molecule has 0 unspecified atom stereocenters. The van der Waals surface area contributed by atoms with E-state index in [0.29, 0.717) is 18.2 Å². The summed E-state index contributed by atoms with van der Waals surface area (Å²) in [6.07, 6.45) is 3.53. The molecule has 2 aliphatic heterocycles. The van der Waals surface area contributed by atoms with Crippen LogP contribution in [-0.4, -0.2) is 24.5 Å². The molecule has 2 heterocycles. The number of rotatable bonds is 0. The van der Waals surface area contributed by atoms with Crippen molar-refractivity contribution < 1.29 is 9.53 Å².